The van der Waals surface area contributed by atoms with Crippen molar-refractivity contribution in [2.45, 2.75) is 37.6 Å². The highest BCUT2D eigenvalue weighted by molar-refractivity contribution is 8.00. The van der Waals surface area contributed by atoms with Crippen LogP contribution in [0.4, 0.5) is 13.2 Å². The van der Waals surface area contributed by atoms with Crippen LogP contribution in [0.2, 0.25) is 0 Å². The predicted molar refractivity (Wildman–Crippen MR) is 73.7 cm³/mol. The fourth-order valence-corrected chi connectivity index (χ4v) is 3.86. The number of nitrogens with one attached hydrogen (secondary N) is 1. The van der Waals surface area contributed by atoms with E-state index in [9.17, 15) is 18.0 Å². The van der Waals surface area contributed by atoms with Crippen molar-refractivity contribution in [3.8, 4) is 0 Å². The molecule has 0 aromatic heterocycles. The molecule has 2 saturated heterocycles. The summed E-state index contributed by atoms with van der Waals surface area (Å²) in [5.41, 5.74) is -2.22. The summed E-state index contributed by atoms with van der Waals surface area (Å²) in [4.78, 5) is 13.9. The van der Waals surface area contributed by atoms with Gasteiger partial charge in [0, 0.05) is 30.1 Å². The van der Waals surface area contributed by atoms with Gasteiger partial charge in [0.25, 0.3) is 0 Å². The van der Waals surface area contributed by atoms with E-state index in [0.717, 1.165) is 6.42 Å². The molecule has 1 unspecified atom stereocenters. The van der Waals surface area contributed by atoms with Crippen molar-refractivity contribution in [2.24, 2.45) is 5.41 Å². The Kier molecular flexibility index (Phi) is 4.31. The molecule has 20 heavy (non-hydrogen) atoms. The minimum Gasteiger partial charge on any atom is -0.341 e. The summed E-state index contributed by atoms with van der Waals surface area (Å²) >= 11 is 1.72. The summed E-state index contributed by atoms with van der Waals surface area (Å²) in [5, 5.41) is 2.70. The van der Waals surface area contributed by atoms with Gasteiger partial charge < -0.3 is 10.2 Å². The van der Waals surface area contributed by atoms with Crippen LogP contribution in [0, 0.1) is 5.41 Å². The molecule has 0 aromatic carbocycles. The molecule has 2 aliphatic heterocycles. The van der Waals surface area contributed by atoms with Crippen LogP contribution in [0.1, 0.15) is 26.7 Å². The Morgan fingerprint density at radius 1 is 1.25 bits per heavy atom. The number of carbonyl (C=O) groups is 1. The SMILES string of the molecule is CC1(C)CCN(C(=O)C2(C(F)(F)F)CCNC2)CCS1. The van der Waals surface area contributed by atoms with Crippen LogP contribution in [0.15, 0.2) is 0 Å². The second kappa shape index (κ2) is 5.40. The Morgan fingerprint density at radius 3 is 2.50 bits per heavy atom. The molecule has 0 aliphatic carbocycles. The van der Waals surface area contributed by atoms with Gasteiger partial charge in [-0.3, -0.25) is 4.79 Å². The Hall–Kier alpha value is -0.430. The van der Waals surface area contributed by atoms with Crippen LogP contribution < -0.4 is 5.32 Å². The highest BCUT2D eigenvalue weighted by Crippen LogP contribution is 2.45. The number of halogens is 3. The third kappa shape index (κ3) is 2.93. The number of hydrogen-bond donors (Lipinski definition) is 1. The monoisotopic (exact) mass is 310 g/mol. The van der Waals surface area contributed by atoms with E-state index in [1.165, 1.54) is 4.90 Å². The number of nitrogens with zero attached hydrogens (tertiary/aromatic N) is 1. The number of amides is 1. The van der Waals surface area contributed by atoms with E-state index in [2.05, 4.69) is 19.2 Å². The number of carbonyl (C=O) groups excluding carboxylic acids is 1. The molecule has 2 fully saturated rings. The summed E-state index contributed by atoms with van der Waals surface area (Å²) < 4.78 is 40.2. The quantitative estimate of drug-likeness (QED) is 0.806. The van der Waals surface area contributed by atoms with Crippen LogP contribution >= 0.6 is 11.8 Å². The topological polar surface area (TPSA) is 32.3 Å². The van der Waals surface area contributed by atoms with Crippen molar-refractivity contribution in [1.29, 1.82) is 0 Å². The molecule has 1 atom stereocenters. The van der Waals surface area contributed by atoms with Crippen molar-refractivity contribution in [1.82, 2.24) is 10.2 Å². The zero-order valence-corrected chi connectivity index (χ0v) is 12.7. The maximum atomic E-state index is 13.4. The molecule has 0 aromatic rings. The van der Waals surface area contributed by atoms with Crippen molar-refractivity contribution >= 4 is 17.7 Å². The number of rotatable bonds is 1. The molecule has 2 heterocycles. The van der Waals surface area contributed by atoms with Gasteiger partial charge in [-0.05, 0) is 19.4 Å². The molecule has 2 aliphatic rings. The van der Waals surface area contributed by atoms with Gasteiger partial charge in [0.15, 0.2) is 5.41 Å². The lowest BCUT2D eigenvalue weighted by molar-refractivity contribution is -0.221. The van der Waals surface area contributed by atoms with Gasteiger partial charge >= 0.3 is 6.18 Å². The highest BCUT2D eigenvalue weighted by atomic mass is 32.2. The molecule has 0 bridgehead atoms. The zero-order valence-electron chi connectivity index (χ0n) is 11.8. The largest absolute Gasteiger partial charge is 0.404 e. The molecule has 2 rings (SSSR count). The van der Waals surface area contributed by atoms with Gasteiger partial charge in [-0.2, -0.15) is 24.9 Å². The summed E-state index contributed by atoms with van der Waals surface area (Å²) in [6, 6.07) is 0. The van der Waals surface area contributed by atoms with E-state index >= 15 is 0 Å². The van der Waals surface area contributed by atoms with Crippen molar-refractivity contribution in [2.75, 3.05) is 31.9 Å². The van der Waals surface area contributed by atoms with Crippen LogP contribution in [-0.4, -0.2) is 53.7 Å². The van der Waals surface area contributed by atoms with E-state index in [0.29, 0.717) is 18.8 Å². The van der Waals surface area contributed by atoms with Crippen molar-refractivity contribution in [3.63, 3.8) is 0 Å². The molecule has 0 radical (unpaired) electrons. The first-order chi connectivity index (χ1) is 9.18. The Balaban J connectivity index is 2.17. The number of hydrogen-bond acceptors (Lipinski definition) is 3. The molecule has 0 spiro atoms. The number of thioether (sulfide) groups is 1. The molecule has 7 heteroatoms. The molecule has 0 saturated carbocycles. The third-order valence-corrected chi connectivity index (χ3v) is 5.60. The second-order valence-electron chi connectivity index (χ2n) is 6.16. The van der Waals surface area contributed by atoms with Crippen molar-refractivity contribution in [3.05, 3.63) is 0 Å². The molecular formula is C13H21F3N2OS. The second-order valence-corrected chi connectivity index (χ2v) is 7.96. The predicted octanol–water partition coefficient (Wildman–Crippen LogP) is 2.27. The van der Waals surface area contributed by atoms with E-state index < -0.39 is 17.5 Å². The first-order valence-electron chi connectivity index (χ1n) is 6.89. The fourth-order valence-electron chi connectivity index (χ4n) is 2.76. The van der Waals surface area contributed by atoms with Gasteiger partial charge in [-0.15, -0.1) is 0 Å². The van der Waals surface area contributed by atoms with E-state index in [4.69, 9.17) is 0 Å². The highest BCUT2D eigenvalue weighted by Gasteiger charge is 2.62. The number of alkyl halides is 3. The lowest BCUT2D eigenvalue weighted by atomic mass is 9.84. The molecule has 1 N–H and O–H groups in total. The van der Waals surface area contributed by atoms with Gasteiger partial charge in [-0.1, -0.05) is 13.8 Å². The summed E-state index contributed by atoms with van der Waals surface area (Å²) in [5.74, 6) is -0.0478. The maximum Gasteiger partial charge on any atom is 0.404 e. The van der Waals surface area contributed by atoms with Gasteiger partial charge in [-0.25, -0.2) is 0 Å². The van der Waals surface area contributed by atoms with E-state index in [-0.39, 0.29) is 24.3 Å². The summed E-state index contributed by atoms with van der Waals surface area (Å²) in [6.07, 6.45) is -3.91. The lowest BCUT2D eigenvalue weighted by Crippen LogP contribution is -2.54. The van der Waals surface area contributed by atoms with Crippen LogP contribution in [0.3, 0.4) is 0 Å². The Morgan fingerprint density at radius 2 is 1.95 bits per heavy atom. The maximum absolute atomic E-state index is 13.4. The first-order valence-corrected chi connectivity index (χ1v) is 7.87. The third-order valence-electron chi connectivity index (χ3n) is 4.23. The average Bonchev–Trinajstić information content (AvgIpc) is 2.76. The van der Waals surface area contributed by atoms with E-state index in [1.807, 2.05) is 0 Å². The van der Waals surface area contributed by atoms with Gasteiger partial charge in [0.1, 0.15) is 0 Å². The van der Waals surface area contributed by atoms with Crippen LogP contribution in [0.5, 0.6) is 0 Å². The molecule has 1 amide bonds. The lowest BCUT2D eigenvalue weighted by Gasteiger charge is -2.35. The average molecular weight is 310 g/mol. The summed E-state index contributed by atoms with van der Waals surface area (Å²) in [6.45, 7) is 4.92. The first kappa shape index (κ1) is 15.9. The standard InChI is InChI=1S/C13H21F3N2OS/c1-11(2)4-6-18(7-8-20-11)10(19)12(13(14,15)16)3-5-17-9-12/h17H,3-9H2,1-2H3. The summed E-state index contributed by atoms with van der Waals surface area (Å²) in [7, 11) is 0. The smallest absolute Gasteiger partial charge is 0.341 e. The zero-order chi connectivity index (χ0) is 15.0. The molecule has 3 nitrogen and oxygen atoms in total. The molecule has 116 valence electrons. The normalized spacial score (nSPS) is 31.1. The van der Waals surface area contributed by atoms with Crippen LogP contribution in [-0.2, 0) is 4.79 Å². The molecular weight excluding hydrogens is 289 g/mol. The van der Waals surface area contributed by atoms with Gasteiger partial charge in [0.2, 0.25) is 5.91 Å². The van der Waals surface area contributed by atoms with Crippen LogP contribution in [0.25, 0.3) is 0 Å². The van der Waals surface area contributed by atoms with E-state index in [1.54, 1.807) is 11.8 Å². The Labute approximate surface area is 121 Å². The van der Waals surface area contributed by atoms with Gasteiger partial charge in [0.05, 0.1) is 0 Å². The fraction of sp³-hybridized carbons (Fsp3) is 0.923. The van der Waals surface area contributed by atoms with Crippen molar-refractivity contribution < 1.29 is 18.0 Å². The Bertz CT molecular complexity index is 378. The minimum atomic E-state index is -4.48. The minimum absolute atomic E-state index is 0.0222.